The topological polar surface area (TPSA) is 37.8 Å². The Bertz CT molecular complexity index is 537. The summed E-state index contributed by atoms with van der Waals surface area (Å²) in [4.78, 5) is 10.3. The Hall–Kier alpha value is -0.780. The third-order valence-corrected chi connectivity index (χ3v) is 4.23. The van der Waals surface area contributed by atoms with Crippen molar-refractivity contribution in [2.75, 3.05) is 7.05 Å². The van der Waals surface area contributed by atoms with Gasteiger partial charge in [-0.05, 0) is 41.0 Å². The lowest BCUT2D eigenvalue weighted by molar-refractivity contribution is 0.743. The minimum Gasteiger partial charge on any atom is -0.316 e. The van der Waals surface area contributed by atoms with Gasteiger partial charge in [-0.2, -0.15) is 0 Å². The number of aromatic nitrogens is 2. The molecule has 0 unspecified atom stereocenters. The van der Waals surface area contributed by atoms with Crippen LogP contribution in [0.1, 0.15) is 31.0 Å². The minimum atomic E-state index is 0.401. The number of thiophene rings is 1. The van der Waals surface area contributed by atoms with Crippen LogP contribution in [-0.2, 0) is 6.54 Å². The maximum atomic E-state index is 4.71. The molecule has 5 heteroatoms. The zero-order valence-electron chi connectivity index (χ0n) is 10.7. The summed E-state index contributed by atoms with van der Waals surface area (Å²) in [5.74, 6) is 1.22. The highest BCUT2D eigenvalue weighted by molar-refractivity contribution is 9.11. The van der Waals surface area contributed by atoms with Crippen LogP contribution in [0.3, 0.4) is 0 Å². The molecule has 1 N–H and O–H groups in total. The maximum Gasteiger partial charge on any atom is 0.169 e. The molecule has 0 fully saturated rings. The highest BCUT2D eigenvalue weighted by Gasteiger charge is 2.12. The van der Waals surface area contributed by atoms with Crippen molar-refractivity contribution in [3.63, 3.8) is 0 Å². The molecule has 0 spiro atoms. The van der Waals surface area contributed by atoms with Gasteiger partial charge >= 0.3 is 0 Å². The summed E-state index contributed by atoms with van der Waals surface area (Å²) in [6.07, 6.45) is 1.93. The normalized spacial score (nSPS) is 11.2. The standard InChI is InChI=1S/C13H16BrN3S/c1-8(2)12-9(6-15-3)7-16-13(17-12)10-4-5-11(14)18-10/h4-5,7-8,15H,6H2,1-3H3. The molecule has 2 heterocycles. The predicted molar refractivity (Wildman–Crippen MR) is 79.9 cm³/mol. The largest absolute Gasteiger partial charge is 0.316 e. The van der Waals surface area contributed by atoms with Gasteiger partial charge in [-0.25, -0.2) is 9.97 Å². The fourth-order valence-corrected chi connectivity index (χ4v) is 3.13. The number of nitrogens with zero attached hydrogens (tertiary/aromatic N) is 2. The van der Waals surface area contributed by atoms with Crippen LogP contribution in [0.25, 0.3) is 10.7 Å². The van der Waals surface area contributed by atoms with Crippen molar-refractivity contribution in [1.82, 2.24) is 15.3 Å². The minimum absolute atomic E-state index is 0.401. The van der Waals surface area contributed by atoms with Gasteiger partial charge in [0, 0.05) is 18.3 Å². The van der Waals surface area contributed by atoms with Gasteiger partial charge in [0.25, 0.3) is 0 Å². The second kappa shape index (κ2) is 5.91. The molecule has 0 aliphatic heterocycles. The van der Waals surface area contributed by atoms with Gasteiger partial charge in [-0.15, -0.1) is 11.3 Å². The van der Waals surface area contributed by atoms with Crippen LogP contribution in [0, 0.1) is 0 Å². The molecular weight excluding hydrogens is 310 g/mol. The van der Waals surface area contributed by atoms with Gasteiger partial charge in [0.05, 0.1) is 14.4 Å². The lowest BCUT2D eigenvalue weighted by atomic mass is 10.1. The molecule has 96 valence electrons. The van der Waals surface area contributed by atoms with Crippen molar-refractivity contribution in [3.05, 3.63) is 33.4 Å². The lowest BCUT2D eigenvalue weighted by Crippen LogP contribution is -2.11. The van der Waals surface area contributed by atoms with Crippen molar-refractivity contribution >= 4 is 27.3 Å². The summed E-state index contributed by atoms with van der Waals surface area (Å²) in [7, 11) is 1.94. The molecule has 2 aromatic rings. The molecule has 2 aromatic heterocycles. The van der Waals surface area contributed by atoms with E-state index in [0.717, 1.165) is 26.7 Å². The fourth-order valence-electron chi connectivity index (χ4n) is 1.80. The Balaban J connectivity index is 2.42. The van der Waals surface area contributed by atoms with Crippen molar-refractivity contribution in [1.29, 1.82) is 0 Å². The highest BCUT2D eigenvalue weighted by Crippen LogP contribution is 2.30. The number of hydrogen-bond acceptors (Lipinski definition) is 4. The van der Waals surface area contributed by atoms with E-state index in [4.69, 9.17) is 4.98 Å². The van der Waals surface area contributed by atoms with E-state index in [1.807, 2.05) is 25.4 Å². The van der Waals surface area contributed by atoms with E-state index >= 15 is 0 Å². The first-order valence-corrected chi connectivity index (χ1v) is 7.49. The SMILES string of the molecule is CNCc1cnc(-c2ccc(Br)s2)nc1C(C)C. The van der Waals surface area contributed by atoms with Gasteiger partial charge in [-0.3, -0.25) is 0 Å². The number of halogens is 1. The molecule has 2 rings (SSSR count). The van der Waals surface area contributed by atoms with Crippen LogP contribution >= 0.6 is 27.3 Å². The van der Waals surface area contributed by atoms with E-state index in [1.54, 1.807) is 11.3 Å². The zero-order valence-corrected chi connectivity index (χ0v) is 13.1. The van der Waals surface area contributed by atoms with Gasteiger partial charge in [0.2, 0.25) is 0 Å². The predicted octanol–water partition coefficient (Wildman–Crippen LogP) is 3.81. The van der Waals surface area contributed by atoms with E-state index in [1.165, 1.54) is 5.56 Å². The average molecular weight is 326 g/mol. The molecular formula is C13H16BrN3S. The second-order valence-corrected chi connectivity index (χ2v) is 6.86. The quantitative estimate of drug-likeness (QED) is 0.928. The smallest absolute Gasteiger partial charge is 0.169 e. The summed E-state index contributed by atoms with van der Waals surface area (Å²) < 4.78 is 1.10. The van der Waals surface area contributed by atoms with E-state index in [2.05, 4.69) is 40.1 Å². The van der Waals surface area contributed by atoms with Crippen LogP contribution in [0.2, 0.25) is 0 Å². The van der Waals surface area contributed by atoms with Crippen molar-refractivity contribution < 1.29 is 0 Å². The summed E-state index contributed by atoms with van der Waals surface area (Å²) in [6, 6.07) is 4.08. The summed E-state index contributed by atoms with van der Waals surface area (Å²) in [5.41, 5.74) is 2.30. The molecule has 0 atom stereocenters. The molecule has 0 bridgehead atoms. The third kappa shape index (κ3) is 2.96. The van der Waals surface area contributed by atoms with E-state index in [0.29, 0.717) is 5.92 Å². The van der Waals surface area contributed by atoms with E-state index in [9.17, 15) is 0 Å². The Morgan fingerprint density at radius 2 is 2.17 bits per heavy atom. The van der Waals surface area contributed by atoms with Gasteiger partial charge < -0.3 is 5.32 Å². The summed E-state index contributed by atoms with van der Waals surface area (Å²) in [5, 5.41) is 3.16. The highest BCUT2D eigenvalue weighted by atomic mass is 79.9. The zero-order chi connectivity index (χ0) is 13.1. The first kappa shape index (κ1) is 13.6. The molecule has 0 saturated carbocycles. The fraction of sp³-hybridized carbons (Fsp3) is 0.385. The Kier molecular flexibility index (Phi) is 4.48. The third-order valence-electron chi connectivity index (χ3n) is 2.61. The monoisotopic (exact) mass is 325 g/mol. The summed E-state index contributed by atoms with van der Waals surface area (Å²) >= 11 is 5.13. The molecule has 3 nitrogen and oxygen atoms in total. The van der Waals surface area contributed by atoms with Crippen LogP contribution in [-0.4, -0.2) is 17.0 Å². The summed E-state index contributed by atoms with van der Waals surface area (Å²) in [6.45, 7) is 5.13. The van der Waals surface area contributed by atoms with Gasteiger partial charge in [0.1, 0.15) is 0 Å². The Morgan fingerprint density at radius 3 is 2.72 bits per heavy atom. The second-order valence-electron chi connectivity index (χ2n) is 4.39. The number of hydrogen-bond donors (Lipinski definition) is 1. The molecule has 0 aromatic carbocycles. The van der Waals surface area contributed by atoms with Crippen LogP contribution in [0.5, 0.6) is 0 Å². The molecule has 0 aliphatic rings. The number of nitrogens with one attached hydrogen (secondary N) is 1. The molecule has 0 saturated heterocycles. The van der Waals surface area contributed by atoms with Crippen LogP contribution in [0.4, 0.5) is 0 Å². The molecule has 0 amide bonds. The molecule has 0 radical (unpaired) electrons. The molecule has 18 heavy (non-hydrogen) atoms. The van der Waals surface area contributed by atoms with Gasteiger partial charge in [-0.1, -0.05) is 13.8 Å². The Labute approximate surface area is 120 Å². The van der Waals surface area contributed by atoms with Crippen molar-refractivity contribution in [3.8, 4) is 10.7 Å². The first-order valence-electron chi connectivity index (χ1n) is 5.88. The van der Waals surface area contributed by atoms with Crippen molar-refractivity contribution in [2.45, 2.75) is 26.3 Å². The van der Waals surface area contributed by atoms with E-state index < -0.39 is 0 Å². The average Bonchev–Trinajstić information content (AvgIpc) is 2.76. The lowest BCUT2D eigenvalue weighted by Gasteiger charge is -2.12. The van der Waals surface area contributed by atoms with Gasteiger partial charge in [0.15, 0.2) is 5.82 Å². The van der Waals surface area contributed by atoms with Crippen LogP contribution in [0.15, 0.2) is 22.1 Å². The Morgan fingerprint density at radius 1 is 1.39 bits per heavy atom. The number of rotatable bonds is 4. The first-order chi connectivity index (χ1) is 8.61. The maximum absolute atomic E-state index is 4.71. The van der Waals surface area contributed by atoms with Crippen LogP contribution < -0.4 is 5.32 Å². The van der Waals surface area contributed by atoms with E-state index in [-0.39, 0.29) is 0 Å². The molecule has 0 aliphatic carbocycles. The van der Waals surface area contributed by atoms with Crippen molar-refractivity contribution in [2.24, 2.45) is 0 Å².